The molecule has 3 heterocycles. The van der Waals surface area contributed by atoms with Crippen LogP contribution in [-0.2, 0) is 20.9 Å². The minimum atomic E-state index is -0.402. The summed E-state index contributed by atoms with van der Waals surface area (Å²) in [5, 5.41) is 9.89. The molecule has 2 atom stereocenters. The molecule has 2 N–H and O–H groups in total. The van der Waals surface area contributed by atoms with Gasteiger partial charge in [-0.2, -0.15) is 5.10 Å². The van der Waals surface area contributed by atoms with Gasteiger partial charge in [0, 0.05) is 32.0 Å². The van der Waals surface area contributed by atoms with E-state index in [9.17, 15) is 9.59 Å². The lowest BCUT2D eigenvalue weighted by Crippen LogP contribution is -2.51. The zero-order valence-corrected chi connectivity index (χ0v) is 13.8. The molecule has 0 saturated carbocycles. The number of morpholine rings is 1. The van der Waals surface area contributed by atoms with Crippen molar-refractivity contribution in [3.63, 3.8) is 0 Å². The average Bonchev–Trinajstić information content (AvgIpc) is 2.98. The second kappa shape index (κ2) is 8.25. The van der Waals surface area contributed by atoms with Gasteiger partial charge in [0.25, 0.3) is 0 Å². The number of amides is 2. The fraction of sp³-hybridized carbons (Fsp3) is 0.688. The topological polar surface area (TPSA) is 88.5 Å². The van der Waals surface area contributed by atoms with Gasteiger partial charge in [0.1, 0.15) is 6.04 Å². The monoisotopic (exact) mass is 335 g/mol. The quantitative estimate of drug-likeness (QED) is 0.748. The molecular weight excluding hydrogens is 310 g/mol. The molecule has 1 aromatic heterocycles. The molecule has 0 radical (unpaired) electrons. The van der Waals surface area contributed by atoms with E-state index < -0.39 is 6.04 Å². The van der Waals surface area contributed by atoms with Crippen LogP contribution in [0.1, 0.15) is 19.3 Å². The van der Waals surface area contributed by atoms with Crippen molar-refractivity contribution in [1.82, 2.24) is 25.3 Å². The van der Waals surface area contributed by atoms with Gasteiger partial charge >= 0.3 is 0 Å². The third kappa shape index (κ3) is 4.78. The van der Waals surface area contributed by atoms with E-state index in [0.29, 0.717) is 39.2 Å². The fourth-order valence-electron chi connectivity index (χ4n) is 3.17. The maximum atomic E-state index is 12.3. The summed E-state index contributed by atoms with van der Waals surface area (Å²) in [5.41, 5.74) is 0. The van der Waals surface area contributed by atoms with Gasteiger partial charge in [-0.15, -0.1) is 0 Å². The standard InChI is InChI=1S/C16H25N5O3/c22-15(19-14-4-1-2-5-17-16(14)23)12-20-8-9-24-13(10-20)11-21-7-3-6-18-21/h3,6-7,13-14H,1-2,4-5,8-12H2,(H,17,23)(H,19,22). The maximum absolute atomic E-state index is 12.3. The Morgan fingerprint density at radius 2 is 2.38 bits per heavy atom. The van der Waals surface area contributed by atoms with Gasteiger partial charge < -0.3 is 15.4 Å². The second-order valence-electron chi connectivity index (χ2n) is 6.36. The number of rotatable bonds is 5. The van der Waals surface area contributed by atoms with Crippen LogP contribution < -0.4 is 10.6 Å². The molecular formula is C16H25N5O3. The molecule has 132 valence electrons. The summed E-state index contributed by atoms with van der Waals surface area (Å²) in [6, 6.07) is 1.48. The lowest BCUT2D eigenvalue weighted by atomic mass is 10.1. The Balaban J connectivity index is 1.45. The van der Waals surface area contributed by atoms with E-state index in [-0.39, 0.29) is 17.9 Å². The summed E-state index contributed by atoms with van der Waals surface area (Å²) in [5.74, 6) is -0.170. The molecule has 2 amide bonds. The molecule has 1 aromatic rings. The summed E-state index contributed by atoms with van der Waals surface area (Å²) in [4.78, 5) is 26.2. The number of hydrogen-bond acceptors (Lipinski definition) is 5. The van der Waals surface area contributed by atoms with Crippen molar-refractivity contribution in [3.8, 4) is 0 Å². The SMILES string of the molecule is O=C(CN1CCOC(Cn2cccn2)C1)NC1CCCCNC1=O. The van der Waals surface area contributed by atoms with Crippen molar-refractivity contribution < 1.29 is 14.3 Å². The molecule has 0 spiro atoms. The van der Waals surface area contributed by atoms with Crippen LogP contribution >= 0.6 is 0 Å². The van der Waals surface area contributed by atoms with E-state index in [1.165, 1.54) is 0 Å². The zero-order chi connectivity index (χ0) is 16.8. The molecule has 2 fully saturated rings. The Bertz CT molecular complexity index is 548. The van der Waals surface area contributed by atoms with Crippen LogP contribution in [0.5, 0.6) is 0 Å². The molecule has 2 aliphatic rings. The third-order valence-electron chi connectivity index (χ3n) is 4.41. The molecule has 3 rings (SSSR count). The van der Waals surface area contributed by atoms with Crippen molar-refractivity contribution in [3.05, 3.63) is 18.5 Å². The number of carbonyl (C=O) groups is 2. The van der Waals surface area contributed by atoms with E-state index in [0.717, 1.165) is 19.4 Å². The van der Waals surface area contributed by atoms with Gasteiger partial charge in [-0.05, 0) is 25.3 Å². The Labute approximate surface area is 141 Å². The van der Waals surface area contributed by atoms with Crippen LogP contribution in [0.3, 0.4) is 0 Å². The first kappa shape index (κ1) is 16.9. The number of aromatic nitrogens is 2. The molecule has 8 heteroatoms. The predicted molar refractivity (Wildman–Crippen MR) is 87.2 cm³/mol. The minimum absolute atomic E-state index is 0.0210. The zero-order valence-electron chi connectivity index (χ0n) is 13.8. The van der Waals surface area contributed by atoms with Gasteiger partial charge in [-0.1, -0.05) is 0 Å². The highest BCUT2D eigenvalue weighted by Crippen LogP contribution is 2.08. The van der Waals surface area contributed by atoms with Gasteiger partial charge in [-0.25, -0.2) is 0 Å². The fourth-order valence-corrected chi connectivity index (χ4v) is 3.17. The van der Waals surface area contributed by atoms with Crippen LogP contribution in [0, 0.1) is 0 Å². The van der Waals surface area contributed by atoms with E-state index in [1.807, 2.05) is 16.9 Å². The second-order valence-corrected chi connectivity index (χ2v) is 6.36. The Morgan fingerprint density at radius 1 is 1.46 bits per heavy atom. The van der Waals surface area contributed by atoms with Crippen molar-refractivity contribution in [2.75, 3.05) is 32.8 Å². The normalized spacial score (nSPS) is 25.8. The van der Waals surface area contributed by atoms with Crippen LogP contribution in [0.2, 0.25) is 0 Å². The molecule has 2 unspecified atom stereocenters. The Hall–Kier alpha value is -1.93. The lowest BCUT2D eigenvalue weighted by Gasteiger charge is -2.32. The van der Waals surface area contributed by atoms with Gasteiger partial charge in [-0.3, -0.25) is 19.2 Å². The lowest BCUT2D eigenvalue weighted by molar-refractivity contribution is -0.130. The van der Waals surface area contributed by atoms with E-state index in [1.54, 1.807) is 6.20 Å². The Kier molecular flexibility index (Phi) is 5.81. The van der Waals surface area contributed by atoms with Crippen molar-refractivity contribution in [2.24, 2.45) is 0 Å². The van der Waals surface area contributed by atoms with E-state index >= 15 is 0 Å². The van der Waals surface area contributed by atoms with E-state index in [2.05, 4.69) is 20.6 Å². The first-order chi connectivity index (χ1) is 11.7. The molecule has 2 saturated heterocycles. The Morgan fingerprint density at radius 3 is 3.21 bits per heavy atom. The number of nitrogens with one attached hydrogen (secondary N) is 2. The molecule has 0 aromatic carbocycles. The smallest absolute Gasteiger partial charge is 0.242 e. The van der Waals surface area contributed by atoms with E-state index in [4.69, 9.17) is 4.74 Å². The van der Waals surface area contributed by atoms with Gasteiger partial charge in [0.2, 0.25) is 11.8 Å². The first-order valence-corrected chi connectivity index (χ1v) is 8.59. The predicted octanol–water partition coefficient (Wildman–Crippen LogP) is -0.631. The maximum Gasteiger partial charge on any atom is 0.242 e. The number of carbonyl (C=O) groups excluding carboxylic acids is 2. The van der Waals surface area contributed by atoms with Crippen molar-refractivity contribution in [1.29, 1.82) is 0 Å². The van der Waals surface area contributed by atoms with Crippen LogP contribution in [-0.4, -0.2) is 71.4 Å². The van der Waals surface area contributed by atoms with Crippen molar-refractivity contribution in [2.45, 2.75) is 38.0 Å². The summed E-state index contributed by atoms with van der Waals surface area (Å²) in [6.07, 6.45) is 6.30. The molecule has 2 aliphatic heterocycles. The van der Waals surface area contributed by atoms with Crippen LogP contribution in [0.15, 0.2) is 18.5 Å². The van der Waals surface area contributed by atoms with Gasteiger partial charge in [0.05, 0.1) is 25.8 Å². The number of nitrogens with zero attached hydrogens (tertiary/aromatic N) is 3. The highest BCUT2D eigenvalue weighted by Gasteiger charge is 2.26. The molecule has 0 aliphatic carbocycles. The third-order valence-corrected chi connectivity index (χ3v) is 4.41. The first-order valence-electron chi connectivity index (χ1n) is 8.59. The summed E-state index contributed by atoms with van der Waals surface area (Å²) >= 11 is 0. The molecule has 24 heavy (non-hydrogen) atoms. The van der Waals surface area contributed by atoms with Gasteiger partial charge in [0.15, 0.2) is 0 Å². The summed E-state index contributed by atoms with van der Waals surface area (Å²) < 4.78 is 7.59. The largest absolute Gasteiger partial charge is 0.374 e. The minimum Gasteiger partial charge on any atom is -0.374 e. The number of ether oxygens (including phenoxy) is 1. The number of hydrogen-bond donors (Lipinski definition) is 2. The molecule has 0 bridgehead atoms. The highest BCUT2D eigenvalue weighted by atomic mass is 16.5. The summed E-state index contributed by atoms with van der Waals surface area (Å²) in [7, 11) is 0. The van der Waals surface area contributed by atoms with Crippen LogP contribution in [0.25, 0.3) is 0 Å². The van der Waals surface area contributed by atoms with Crippen molar-refractivity contribution >= 4 is 11.8 Å². The van der Waals surface area contributed by atoms with Crippen LogP contribution in [0.4, 0.5) is 0 Å². The molecule has 8 nitrogen and oxygen atoms in total. The highest BCUT2D eigenvalue weighted by molar-refractivity contribution is 5.88. The summed E-state index contributed by atoms with van der Waals surface area (Å²) in [6.45, 7) is 3.68. The average molecular weight is 335 g/mol.